The largest absolute Gasteiger partial charge is 0.341 e. The molecule has 0 aliphatic carbocycles. The topological polar surface area (TPSA) is 49.4 Å². The molecule has 2 amide bonds. The highest BCUT2D eigenvalue weighted by molar-refractivity contribution is 6.06. The maximum absolute atomic E-state index is 12.4. The SMILES string of the molecule is CCCCc1ccc2c(c1)C(NC(C)=O)C(=O)N2CC. The minimum absolute atomic E-state index is 0.0367. The number of nitrogens with one attached hydrogen (secondary N) is 1. The van der Waals surface area contributed by atoms with E-state index in [0.717, 1.165) is 30.5 Å². The van der Waals surface area contributed by atoms with Gasteiger partial charge in [0.2, 0.25) is 5.91 Å². The Kier molecular flexibility index (Phi) is 4.42. The minimum Gasteiger partial charge on any atom is -0.341 e. The Morgan fingerprint density at radius 2 is 2.10 bits per heavy atom. The molecule has 1 aliphatic heterocycles. The third-order valence-corrected chi connectivity index (χ3v) is 3.69. The zero-order valence-electron chi connectivity index (χ0n) is 12.4. The van der Waals surface area contributed by atoms with Crippen LogP contribution in [0.4, 0.5) is 5.69 Å². The average molecular weight is 274 g/mol. The van der Waals surface area contributed by atoms with Crippen molar-refractivity contribution in [1.82, 2.24) is 5.32 Å². The first-order valence-corrected chi connectivity index (χ1v) is 7.29. The number of hydrogen-bond acceptors (Lipinski definition) is 2. The van der Waals surface area contributed by atoms with Crippen LogP contribution in [0, 0.1) is 0 Å². The number of anilines is 1. The standard InChI is InChI=1S/C16H22N2O2/c1-4-6-7-12-8-9-14-13(10-12)15(17-11(3)19)16(20)18(14)5-2/h8-10,15H,4-7H2,1-3H3,(H,17,19). The van der Waals surface area contributed by atoms with Gasteiger partial charge in [0.05, 0.1) is 0 Å². The molecule has 0 bridgehead atoms. The van der Waals surface area contributed by atoms with E-state index in [0.29, 0.717) is 6.54 Å². The zero-order valence-corrected chi connectivity index (χ0v) is 12.4. The van der Waals surface area contributed by atoms with Crippen LogP contribution in [0.2, 0.25) is 0 Å². The predicted molar refractivity (Wildman–Crippen MR) is 79.6 cm³/mol. The molecule has 1 heterocycles. The summed E-state index contributed by atoms with van der Waals surface area (Å²) >= 11 is 0. The summed E-state index contributed by atoms with van der Waals surface area (Å²) in [4.78, 5) is 25.4. The number of likely N-dealkylation sites (N-methyl/N-ethyl adjacent to an activating group) is 1. The van der Waals surface area contributed by atoms with Crippen LogP contribution >= 0.6 is 0 Å². The molecule has 20 heavy (non-hydrogen) atoms. The van der Waals surface area contributed by atoms with Gasteiger partial charge in [0, 0.05) is 24.7 Å². The Morgan fingerprint density at radius 3 is 2.70 bits per heavy atom. The molecule has 108 valence electrons. The second-order valence-corrected chi connectivity index (χ2v) is 5.21. The van der Waals surface area contributed by atoms with Crippen molar-refractivity contribution in [3.8, 4) is 0 Å². The molecular weight excluding hydrogens is 252 g/mol. The lowest BCUT2D eigenvalue weighted by Crippen LogP contribution is -2.36. The lowest BCUT2D eigenvalue weighted by Gasteiger charge is -2.15. The molecule has 0 spiro atoms. The Bertz CT molecular complexity index is 525. The summed E-state index contributed by atoms with van der Waals surface area (Å²) in [5.74, 6) is -0.212. The number of benzene rings is 1. The van der Waals surface area contributed by atoms with Gasteiger partial charge in [-0.25, -0.2) is 0 Å². The number of nitrogens with zero attached hydrogens (tertiary/aromatic N) is 1. The van der Waals surface area contributed by atoms with Crippen molar-refractivity contribution in [2.45, 2.75) is 46.1 Å². The molecule has 1 aromatic rings. The van der Waals surface area contributed by atoms with Gasteiger partial charge >= 0.3 is 0 Å². The van der Waals surface area contributed by atoms with E-state index in [2.05, 4.69) is 24.4 Å². The molecule has 0 radical (unpaired) electrons. The lowest BCUT2D eigenvalue weighted by molar-refractivity contribution is -0.126. The molecule has 0 saturated heterocycles. The summed E-state index contributed by atoms with van der Waals surface area (Å²) in [6.07, 6.45) is 3.29. The van der Waals surface area contributed by atoms with E-state index >= 15 is 0 Å². The Morgan fingerprint density at radius 1 is 1.35 bits per heavy atom. The first-order chi connectivity index (χ1) is 9.58. The molecule has 1 unspecified atom stereocenters. The number of rotatable bonds is 5. The number of carbonyl (C=O) groups is 2. The number of carbonyl (C=O) groups excluding carboxylic acids is 2. The van der Waals surface area contributed by atoms with Crippen molar-refractivity contribution in [2.75, 3.05) is 11.4 Å². The number of fused-ring (bicyclic) bond motifs is 1. The smallest absolute Gasteiger partial charge is 0.254 e. The molecule has 0 saturated carbocycles. The van der Waals surface area contributed by atoms with E-state index in [9.17, 15) is 9.59 Å². The van der Waals surface area contributed by atoms with E-state index in [-0.39, 0.29) is 11.8 Å². The number of aryl methyl sites for hydroxylation is 1. The summed E-state index contributed by atoms with van der Waals surface area (Å²) in [5.41, 5.74) is 3.09. The highest BCUT2D eigenvalue weighted by atomic mass is 16.2. The third kappa shape index (κ3) is 2.69. The van der Waals surface area contributed by atoms with E-state index < -0.39 is 6.04 Å². The van der Waals surface area contributed by atoms with Crippen LogP contribution in [0.1, 0.15) is 50.8 Å². The maximum Gasteiger partial charge on any atom is 0.254 e. The van der Waals surface area contributed by atoms with Crippen molar-refractivity contribution in [1.29, 1.82) is 0 Å². The molecule has 1 N–H and O–H groups in total. The summed E-state index contributed by atoms with van der Waals surface area (Å²) < 4.78 is 0. The number of hydrogen-bond donors (Lipinski definition) is 1. The first-order valence-electron chi connectivity index (χ1n) is 7.29. The molecule has 0 fully saturated rings. The van der Waals surface area contributed by atoms with Crippen LogP contribution in [0.15, 0.2) is 18.2 Å². The van der Waals surface area contributed by atoms with Crippen LogP contribution in [0.25, 0.3) is 0 Å². The van der Waals surface area contributed by atoms with Crippen molar-refractivity contribution >= 4 is 17.5 Å². The highest BCUT2D eigenvalue weighted by Crippen LogP contribution is 2.36. The summed E-state index contributed by atoms with van der Waals surface area (Å²) in [6, 6.07) is 5.63. The van der Waals surface area contributed by atoms with Crippen molar-refractivity contribution < 1.29 is 9.59 Å². The van der Waals surface area contributed by atoms with Gasteiger partial charge in [0.25, 0.3) is 5.91 Å². The van der Waals surface area contributed by atoms with Gasteiger partial charge in [-0.1, -0.05) is 25.5 Å². The van der Waals surface area contributed by atoms with Crippen LogP contribution in [0.3, 0.4) is 0 Å². The number of unbranched alkanes of at least 4 members (excludes halogenated alkanes) is 1. The Balaban J connectivity index is 2.35. The zero-order chi connectivity index (χ0) is 14.7. The Labute approximate surface area is 120 Å². The van der Waals surface area contributed by atoms with Crippen LogP contribution in [-0.4, -0.2) is 18.4 Å². The van der Waals surface area contributed by atoms with Crippen LogP contribution in [0.5, 0.6) is 0 Å². The molecule has 1 aromatic carbocycles. The van der Waals surface area contributed by atoms with Gasteiger partial charge in [-0.2, -0.15) is 0 Å². The maximum atomic E-state index is 12.4. The molecule has 0 aromatic heterocycles. The summed E-state index contributed by atoms with van der Waals surface area (Å²) in [5, 5.41) is 2.77. The molecule has 1 aliphatic rings. The van der Waals surface area contributed by atoms with E-state index in [1.807, 2.05) is 13.0 Å². The predicted octanol–water partition coefficient (Wildman–Crippen LogP) is 2.57. The van der Waals surface area contributed by atoms with Crippen LogP contribution < -0.4 is 10.2 Å². The quantitative estimate of drug-likeness (QED) is 0.897. The lowest BCUT2D eigenvalue weighted by atomic mass is 10.0. The second-order valence-electron chi connectivity index (χ2n) is 5.21. The second kappa shape index (κ2) is 6.07. The van der Waals surface area contributed by atoms with Gasteiger partial charge in [0.15, 0.2) is 0 Å². The van der Waals surface area contributed by atoms with Gasteiger partial charge < -0.3 is 10.2 Å². The van der Waals surface area contributed by atoms with Gasteiger partial charge in [0.1, 0.15) is 6.04 Å². The van der Waals surface area contributed by atoms with Crippen molar-refractivity contribution in [3.05, 3.63) is 29.3 Å². The summed E-state index contributed by atoms with van der Waals surface area (Å²) in [7, 11) is 0. The molecule has 4 nitrogen and oxygen atoms in total. The normalized spacial score (nSPS) is 17.2. The van der Waals surface area contributed by atoms with Gasteiger partial charge in [-0.3, -0.25) is 9.59 Å². The molecule has 2 rings (SSSR count). The van der Waals surface area contributed by atoms with Crippen LogP contribution in [-0.2, 0) is 16.0 Å². The van der Waals surface area contributed by atoms with Crippen molar-refractivity contribution in [3.63, 3.8) is 0 Å². The fraction of sp³-hybridized carbons (Fsp3) is 0.500. The first kappa shape index (κ1) is 14.6. The molecule has 4 heteroatoms. The minimum atomic E-state index is -0.524. The average Bonchev–Trinajstić information content (AvgIpc) is 2.68. The number of amides is 2. The molecular formula is C16H22N2O2. The monoisotopic (exact) mass is 274 g/mol. The van der Waals surface area contributed by atoms with Crippen molar-refractivity contribution in [2.24, 2.45) is 0 Å². The third-order valence-electron chi connectivity index (χ3n) is 3.69. The fourth-order valence-corrected chi connectivity index (χ4v) is 2.69. The van der Waals surface area contributed by atoms with E-state index in [1.54, 1.807) is 4.90 Å². The highest BCUT2D eigenvalue weighted by Gasteiger charge is 2.36. The van der Waals surface area contributed by atoms with E-state index in [4.69, 9.17) is 0 Å². The Hall–Kier alpha value is -1.84. The molecule has 1 atom stereocenters. The van der Waals surface area contributed by atoms with Gasteiger partial charge in [-0.05, 0) is 31.4 Å². The fourth-order valence-electron chi connectivity index (χ4n) is 2.69. The summed E-state index contributed by atoms with van der Waals surface area (Å²) in [6.45, 7) is 6.18. The van der Waals surface area contributed by atoms with Gasteiger partial charge in [-0.15, -0.1) is 0 Å². The van der Waals surface area contributed by atoms with E-state index in [1.165, 1.54) is 12.5 Å².